The summed E-state index contributed by atoms with van der Waals surface area (Å²) >= 11 is 0. The van der Waals surface area contributed by atoms with Crippen molar-refractivity contribution in [1.82, 2.24) is 25.2 Å². The smallest absolute Gasteiger partial charge is 0.253 e. The minimum Gasteiger partial charge on any atom is -0.396 e. The van der Waals surface area contributed by atoms with E-state index in [1.165, 1.54) is 17.1 Å². The normalized spacial score (nSPS) is 22.4. The molecule has 0 spiro atoms. The van der Waals surface area contributed by atoms with E-state index in [-0.39, 0.29) is 41.7 Å². The van der Waals surface area contributed by atoms with Crippen LogP contribution in [0.3, 0.4) is 0 Å². The molecule has 29 heavy (non-hydrogen) atoms. The molecule has 9 nitrogen and oxygen atoms in total. The number of carbonyl (C=O) groups is 3. The zero-order valence-corrected chi connectivity index (χ0v) is 17.0. The van der Waals surface area contributed by atoms with Crippen LogP contribution in [0.2, 0.25) is 0 Å². The van der Waals surface area contributed by atoms with Gasteiger partial charge in [0.2, 0.25) is 5.91 Å². The van der Waals surface area contributed by atoms with Crippen LogP contribution in [0.5, 0.6) is 0 Å². The van der Waals surface area contributed by atoms with Crippen LogP contribution in [0.15, 0.2) is 18.3 Å². The highest BCUT2D eigenvalue weighted by Gasteiger charge is 2.31. The standard InChI is InChI=1S/C20H29N5O4/c1-20(2,9-10-26)25-13-16(22-23-25)11-21-19(29)15-5-3-14(4-6-15)12-24-17(27)7-8-18(24)28/h7-8,13-15,26H,3-6,9-12H2,1-2H3,(H,21,29). The third kappa shape index (κ3) is 5.09. The molecule has 2 N–H and O–H groups in total. The van der Waals surface area contributed by atoms with Crippen LogP contribution in [0.4, 0.5) is 0 Å². The van der Waals surface area contributed by atoms with Crippen molar-refractivity contribution in [3.63, 3.8) is 0 Å². The molecule has 3 amide bonds. The van der Waals surface area contributed by atoms with Gasteiger partial charge >= 0.3 is 0 Å². The molecule has 1 saturated carbocycles. The first-order valence-electron chi connectivity index (χ1n) is 10.1. The molecule has 0 radical (unpaired) electrons. The number of hydrogen-bond donors (Lipinski definition) is 2. The van der Waals surface area contributed by atoms with Gasteiger partial charge in [-0.15, -0.1) is 5.10 Å². The fourth-order valence-corrected chi connectivity index (χ4v) is 3.86. The van der Waals surface area contributed by atoms with Gasteiger partial charge < -0.3 is 10.4 Å². The molecule has 2 heterocycles. The topological polar surface area (TPSA) is 117 Å². The van der Waals surface area contributed by atoms with Crippen molar-refractivity contribution >= 4 is 17.7 Å². The first kappa shape index (κ1) is 21.2. The summed E-state index contributed by atoms with van der Waals surface area (Å²) in [7, 11) is 0. The maximum atomic E-state index is 12.5. The molecule has 1 aliphatic carbocycles. The van der Waals surface area contributed by atoms with Gasteiger partial charge in [-0.1, -0.05) is 5.21 Å². The number of nitrogens with zero attached hydrogens (tertiary/aromatic N) is 4. The Kier molecular flexibility index (Phi) is 6.46. The molecular weight excluding hydrogens is 374 g/mol. The minimum atomic E-state index is -0.337. The number of hydrogen-bond acceptors (Lipinski definition) is 6. The Balaban J connectivity index is 1.43. The second-order valence-electron chi connectivity index (χ2n) is 8.50. The SMILES string of the molecule is CC(C)(CCO)n1cc(CNC(=O)C2CCC(CN3C(=O)C=CC3=O)CC2)nn1. The summed E-state index contributed by atoms with van der Waals surface area (Å²) < 4.78 is 1.71. The first-order valence-corrected chi connectivity index (χ1v) is 10.1. The van der Waals surface area contributed by atoms with Crippen molar-refractivity contribution in [1.29, 1.82) is 0 Å². The van der Waals surface area contributed by atoms with Gasteiger partial charge in [-0.25, -0.2) is 4.68 Å². The Morgan fingerprint density at radius 1 is 1.21 bits per heavy atom. The monoisotopic (exact) mass is 403 g/mol. The highest BCUT2D eigenvalue weighted by Crippen LogP contribution is 2.30. The Morgan fingerprint density at radius 3 is 2.48 bits per heavy atom. The fourth-order valence-electron chi connectivity index (χ4n) is 3.86. The molecule has 1 fully saturated rings. The van der Waals surface area contributed by atoms with Crippen LogP contribution in [0.25, 0.3) is 0 Å². The number of imide groups is 1. The molecular formula is C20H29N5O4. The molecule has 0 aromatic carbocycles. The molecule has 2 aliphatic rings. The van der Waals surface area contributed by atoms with Crippen LogP contribution in [-0.2, 0) is 26.5 Å². The Bertz CT molecular complexity index is 775. The predicted molar refractivity (Wildman–Crippen MR) is 104 cm³/mol. The van der Waals surface area contributed by atoms with E-state index in [0.717, 1.165) is 25.7 Å². The van der Waals surface area contributed by atoms with E-state index in [4.69, 9.17) is 5.11 Å². The zero-order chi connectivity index (χ0) is 21.0. The lowest BCUT2D eigenvalue weighted by Gasteiger charge is -2.29. The van der Waals surface area contributed by atoms with Crippen molar-refractivity contribution in [2.75, 3.05) is 13.2 Å². The van der Waals surface area contributed by atoms with E-state index in [1.54, 1.807) is 10.9 Å². The van der Waals surface area contributed by atoms with E-state index in [1.807, 2.05) is 13.8 Å². The third-order valence-electron chi connectivity index (χ3n) is 5.89. The first-order chi connectivity index (χ1) is 13.8. The summed E-state index contributed by atoms with van der Waals surface area (Å²) in [6.45, 7) is 4.76. The Labute approximate surface area is 170 Å². The van der Waals surface area contributed by atoms with Crippen molar-refractivity contribution in [2.24, 2.45) is 11.8 Å². The predicted octanol–water partition coefficient (Wildman–Crippen LogP) is 0.743. The lowest BCUT2D eigenvalue weighted by molar-refractivity contribution is -0.138. The lowest BCUT2D eigenvalue weighted by atomic mass is 9.81. The summed E-state index contributed by atoms with van der Waals surface area (Å²) in [6, 6.07) is 0. The summed E-state index contributed by atoms with van der Waals surface area (Å²) in [6.07, 6.45) is 8.11. The molecule has 1 aliphatic heterocycles. The molecule has 158 valence electrons. The minimum absolute atomic E-state index is 0.00242. The van der Waals surface area contributed by atoms with Gasteiger partial charge in [0.25, 0.3) is 11.8 Å². The summed E-state index contributed by atoms with van der Waals surface area (Å²) in [4.78, 5) is 37.1. The largest absolute Gasteiger partial charge is 0.396 e. The van der Waals surface area contributed by atoms with Crippen molar-refractivity contribution in [3.05, 3.63) is 24.0 Å². The molecule has 0 unspecified atom stereocenters. The third-order valence-corrected chi connectivity index (χ3v) is 5.89. The average Bonchev–Trinajstić information content (AvgIpc) is 3.29. The van der Waals surface area contributed by atoms with Crippen LogP contribution < -0.4 is 5.32 Å². The van der Waals surface area contributed by atoms with Crippen molar-refractivity contribution < 1.29 is 19.5 Å². The fraction of sp³-hybridized carbons (Fsp3) is 0.650. The van der Waals surface area contributed by atoms with E-state index >= 15 is 0 Å². The van der Waals surface area contributed by atoms with Gasteiger partial charge in [0, 0.05) is 31.2 Å². The molecule has 1 aromatic rings. The van der Waals surface area contributed by atoms with Crippen LogP contribution in [-0.4, -0.2) is 55.9 Å². The second kappa shape index (κ2) is 8.86. The van der Waals surface area contributed by atoms with Crippen molar-refractivity contribution in [3.8, 4) is 0 Å². The Morgan fingerprint density at radius 2 is 1.86 bits per heavy atom. The molecule has 0 atom stereocenters. The number of rotatable bonds is 8. The molecule has 0 bridgehead atoms. The van der Waals surface area contributed by atoms with Gasteiger partial charge in [0.05, 0.1) is 18.3 Å². The lowest BCUT2D eigenvalue weighted by Crippen LogP contribution is -2.38. The highest BCUT2D eigenvalue weighted by molar-refractivity contribution is 6.12. The number of amides is 3. The highest BCUT2D eigenvalue weighted by atomic mass is 16.3. The maximum absolute atomic E-state index is 12.5. The average molecular weight is 403 g/mol. The number of aliphatic hydroxyl groups excluding tert-OH is 1. The van der Waals surface area contributed by atoms with Crippen LogP contribution in [0, 0.1) is 11.8 Å². The number of nitrogens with one attached hydrogen (secondary N) is 1. The van der Waals surface area contributed by atoms with E-state index in [9.17, 15) is 14.4 Å². The maximum Gasteiger partial charge on any atom is 0.253 e. The summed E-state index contributed by atoms with van der Waals surface area (Å²) in [5.41, 5.74) is 0.340. The van der Waals surface area contributed by atoms with Crippen LogP contribution >= 0.6 is 0 Å². The summed E-state index contributed by atoms with van der Waals surface area (Å²) in [5.74, 6) is -0.298. The van der Waals surface area contributed by atoms with E-state index < -0.39 is 0 Å². The quantitative estimate of drug-likeness (QED) is 0.619. The zero-order valence-electron chi connectivity index (χ0n) is 17.0. The molecule has 1 aromatic heterocycles. The van der Waals surface area contributed by atoms with Gasteiger partial charge in [-0.2, -0.15) is 0 Å². The molecule has 3 rings (SSSR count). The molecule has 9 heteroatoms. The van der Waals surface area contributed by atoms with Gasteiger partial charge in [-0.05, 0) is 51.9 Å². The molecule has 0 saturated heterocycles. The summed E-state index contributed by atoms with van der Waals surface area (Å²) in [5, 5.41) is 20.3. The van der Waals surface area contributed by atoms with Crippen molar-refractivity contribution in [2.45, 2.75) is 58.0 Å². The van der Waals surface area contributed by atoms with E-state index in [0.29, 0.717) is 25.2 Å². The Hall–Kier alpha value is -2.55. The van der Waals surface area contributed by atoms with E-state index in [2.05, 4.69) is 15.6 Å². The number of aromatic nitrogens is 3. The van der Waals surface area contributed by atoms with Gasteiger partial charge in [-0.3, -0.25) is 19.3 Å². The van der Waals surface area contributed by atoms with Crippen LogP contribution in [0.1, 0.15) is 51.6 Å². The second-order valence-corrected chi connectivity index (χ2v) is 8.50. The van der Waals surface area contributed by atoms with Gasteiger partial charge in [0.15, 0.2) is 0 Å². The number of carbonyl (C=O) groups excluding carboxylic acids is 3. The number of aliphatic hydroxyl groups is 1. The van der Waals surface area contributed by atoms with Gasteiger partial charge in [0.1, 0.15) is 5.69 Å².